The standard InChI is InChI=1S/C24H28N4O4/c1-15(2)13-25-23(29)17-7-6-8-18(12-17)27-22-21(14-26-28(4)24(22)30)32-19-10-9-16(3)11-20(19)31-5/h6-12,14-15,27H,13H2,1-5H3,(H,25,29). The van der Waals surface area contributed by atoms with E-state index in [0.717, 1.165) is 5.56 Å². The zero-order chi connectivity index (χ0) is 23.3. The maximum Gasteiger partial charge on any atom is 0.294 e. The van der Waals surface area contributed by atoms with Crippen molar-refractivity contribution in [1.82, 2.24) is 15.1 Å². The second kappa shape index (κ2) is 10.00. The average Bonchev–Trinajstić information content (AvgIpc) is 2.78. The van der Waals surface area contributed by atoms with Gasteiger partial charge in [0.15, 0.2) is 22.9 Å². The van der Waals surface area contributed by atoms with Gasteiger partial charge in [0.1, 0.15) is 0 Å². The monoisotopic (exact) mass is 436 g/mol. The van der Waals surface area contributed by atoms with Crippen LogP contribution < -0.4 is 25.7 Å². The molecule has 0 aliphatic rings. The van der Waals surface area contributed by atoms with E-state index in [1.807, 2.05) is 32.9 Å². The third kappa shape index (κ3) is 5.46. The van der Waals surface area contributed by atoms with Gasteiger partial charge >= 0.3 is 0 Å². The van der Waals surface area contributed by atoms with Gasteiger partial charge in [-0.15, -0.1) is 0 Å². The lowest BCUT2D eigenvalue weighted by atomic mass is 10.1. The first-order chi connectivity index (χ1) is 15.3. The number of aryl methyl sites for hydroxylation is 2. The van der Waals surface area contributed by atoms with Crippen LogP contribution in [0.2, 0.25) is 0 Å². The van der Waals surface area contributed by atoms with Crippen LogP contribution in [0.3, 0.4) is 0 Å². The molecule has 0 aliphatic carbocycles. The molecule has 0 spiro atoms. The number of rotatable bonds is 8. The van der Waals surface area contributed by atoms with Crippen LogP contribution in [0, 0.1) is 12.8 Å². The van der Waals surface area contributed by atoms with Crippen molar-refractivity contribution in [2.75, 3.05) is 19.0 Å². The summed E-state index contributed by atoms with van der Waals surface area (Å²) in [7, 11) is 3.11. The van der Waals surface area contributed by atoms with E-state index in [0.29, 0.717) is 35.2 Å². The molecule has 0 fully saturated rings. The average molecular weight is 437 g/mol. The molecular weight excluding hydrogens is 408 g/mol. The predicted octanol–water partition coefficient (Wildman–Crippen LogP) is 4.02. The SMILES string of the molecule is COc1cc(C)ccc1Oc1cnn(C)c(=O)c1Nc1cccc(C(=O)NCC(C)C)c1. The highest BCUT2D eigenvalue weighted by atomic mass is 16.5. The van der Waals surface area contributed by atoms with Crippen LogP contribution in [0.4, 0.5) is 11.4 Å². The zero-order valence-electron chi connectivity index (χ0n) is 18.9. The van der Waals surface area contributed by atoms with Crippen molar-refractivity contribution in [1.29, 1.82) is 0 Å². The highest BCUT2D eigenvalue weighted by Crippen LogP contribution is 2.35. The minimum atomic E-state index is -0.372. The molecule has 2 aromatic carbocycles. The molecule has 8 nitrogen and oxygen atoms in total. The Labute approximate surface area is 187 Å². The number of hydrogen-bond acceptors (Lipinski definition) is 6. The first kappa shape index (κ1) is 22.9. The van der Waals surface area contributed by atoms with Gasteiger partial charge in [-0.1, -0.05) is 26.0 Å². The van der Waals surface area contributed by atoms with Crippen LogP contribution in [-0.2, 0) is 7.05 Å². The zero-order valence-corrected chi connectivity index (χ0v) is 18.9. The Balaban J connectivity index is 1.92. The van der Waals surface area contributed by atoms with E-state index in [9.17, 15) is 9.59 Å². The van der Waals surface area contributed by atoms with Crippen molar-refractivity contribution in [3.05, 3.63) is 70.1 Å². The lowest BCUT2D eigenvalue weighted by Crippen LogP contribution is -2.27. The molecule has 2 N–H and O–H groups in total. The van der Waals surface area contributed by atoms with Crippen LogP contribution in [0.15, 0.2) is 53.5 Å². The number of ether oxygens (including phenoxy) is 2. The number of methoxy groups -OCH3 is 1. The summed E-state index contributed by atoms with van der Waals surface area (Å²) in [5.74, 6) is 1.41. The second-order valence-corrected chi connectivity index (χ2v) is 7.88. The topological polar surface area (TPSA) is 94.5 Å². The van der Waals surface area contributed by atoms with Crippen molar-refractivity contribution in [3.8, 4) is 17.2 Å². The largest absolute Gasteiger partial charge is 0.493 e. The van der Waals surface area contributed by atoms with Crippen molar-refractivity contribution in [3.63, 3.8) is 0 Å². The number of nitrogens with one attached hydrogen (secondary N) is 2. The van der Waals surface area contributed by atoms with Crippen LogP contribution in [-0.4, -0.2) is 29.3 Å². The fraction of sp³-hybridized carbons (Fsp3) is 0.292. The molecule has 0 saturated carbocycles. The Morgan fingerprint density at radius 2 is 1.91 bits per heavy atom. The first-order valence-corrected chi connectivity index (χ1v) is 10.3. The number of carbonyl (C=O) groups excluding carboxylic acids is 1. The van der Waals surface area contributed by atoms with Crippen LogP contribution in [0.1, 0.15) is 29.8 Å². The Bertz CT molecular complexity index is 1170. The lowest BCUT2D eigenvalue weighted by molar-refractivity contribution is 0.0949. The minimum Gasteiger partial charge on any atom is -0.493 e. The van der Waals surface area contributed by atoms with E-state index < -0.39 is 0 Å². The van der Waals surface area contributed by atoms with Gasteiger partial charge in [-0.25, -0.2) is 4.68 Å². The van der Waals surface area contributed by atoms with Gasteiger partial charge in [-0.2, -0.15) is 5.10 Å². The Morgan fingerprint density at radius 1 is 1.12 bits per heavy atom. The summed E-state index contributed by atoms with van der Waals surface area (Å²) >= 11 is 0. The van der Waals surface area contributed by atoms with Gasteiger partial charge in [-0.3, -0.25) is 9.59 Å². The van der Waals surface area contributed by atoms with Crippen LogP contribution in [0.5, 0.6) is 17.2 Å². The first-order valence-electron chi connectivity index (χ1n) is 10.3. The lowest BCUT2D eigenvalue weighted by Gasteiger charge is -2.15. The van der Waals surface area contributed by atoms with Gasteiger partial charge in [0.05, 0.1) is 13.3 Å². The van der Waals surface area contributed by atoms with Crippen molar-refractivity contribution in [2.45, 2.75) is 20.8 Å². The quantitative estimate of drug-likeness (QED) is 0.554. The van der Waals surface area contributed by atoms with E-state index in [2.05, 4.69) is 15.7 Å². The summed E-state index contributed by atoms with van der Waals surface area (Å²) in [6.07, 6.45) is 1.46. The van der Waals surface area contributed by atoms with E-state index >= 15 is 0 Å². The predicted molar refractivity (Wildman–Crippen MR) is 124 cm³/mol. The molecule has 3 rings (SSSR count). The fourth-order valence-electron chi connectivity index (χ4n) is 2.97. The van der Waals surface area contributed by atoms with Crippen LogP contribution in [0.25, 0.3) is 0 Å². The summed E-state index contributed by atoms with van der Waals surface area (Å²) < 4.78 is 12.6. The molecule has 1 aromatic heterocycles. The normalized spacial score (nSPS) is 10.7. The summed E-state index contributed by atoms with van der Waals surface area (Å²) in [4.78, 5) is 25.3. The number of aromatic nitrogens is 2. The molecule has 0 bridgehead atoms. The van der Waals surface area contributed by atoms with Crippen molar-refractivity contribution in [2.24, 2.45) is 13.0 Å². The third-order valence-electron chi connectivity index (χ3n) is 4.71. The van der Waals surface area contributed by atoms with Gasteiger partial charge in [-0.05, 0) is 48.7 Å². The molecule has 168 valence electrons. The minimum absolute atomic E-state index is 0.175. The van der Waals surface area contributed by atoms with E-state index in [-0.39, 0.29) is 22.9 Å². The number of benzene rings is 2. The number of anilines is 2. The molecule has 0 unspecified atom stereocenters. The maximum atomic E-state index is 12.8. The summed E-state index contributed by atoms with van der Waals surface area (Å²) in [6.45, 7) is 6.59. The highest BCUT2D eigenvalue weighted by Gasteiger charge is 2.16. The molecule has 0 radical (unpaired) electrons. The molecule has 3 aromatic rings. The Morgan fingerprint density at radius 3 is 2.62 bits per heavy atom. The fourth-order valence-corrected chi connectivity index (χ4v) is 2.97. The van der Waals surface area contributed by atoms with E-state index in [1.165, 1.54) is 10.9 Å². The number of carbonyl (C=O) groups is 1. The van der Waals surface area contributed by atoms with Crippen molar-refractivity contribution < 1.29 is 14.3 Å². The summed E-state index contributed by atoms with van der Waals surface area (Å²) in [5, 5.41) is 10.1. The van der Waals surface area contributed by atoms with Crippen molar-refractivity contribution >= 4 is 17.3 Å². The third-order valence-corrected chi connectivity index (χ3v) is 4.71. The van der Waals surface area contributed by atoms with E-state index in [1.54, 1.807) is 44.5 Å². The molecule has 0 atom stereocenters. The van der Waals surface area contributed by atoms with Gasteiger partial charge < -0.3 is 20.1 Å². The van der Waals surface area contributed by atoms with Gasteiger partial charge in [0.2, 0.25) is 0 Å². The highest BCUT2D eigenvalue weighted by molar-refractivity contribution is 5.95. The molecule has 32 heavy (non-hydrogen) atoms. The van der Waals surface area contributed by atoms with E-state index in [4.69, 9.17) is 9.47 Å². The van der Waals surface area contributed by atoms with Gasteiger partial charge in [0.25, 0.3) is 11.5 Å². The number of hydrogen-bond donors (Lipinski definition) is 2. The number of nitrogens with zero attached hydrogens (tertiary/aromatic N) is 2. The maximum absolute atomic E-state index is 12.8. The smallest absolute Gasteiger partial charge is 0.294 e. The molecule has 0 saturated heterocycles. The molecule has 0 aliphatic heterocycles. The summed E-state index contributed by atoms with van der Waals surface area (Å²) in [5.41, 5.74) is 1.91. The molecular formula is C24H28N4O4. The Kier molecular flexibility index (Phi) is 7.14. The second-order valence-electron chi connectivity index (χ2n) is 7.88. The Hall–Kier alpha value is -3.81. The summed E-state index contributed by atoms with van der Waals surface area (Å²) in [6, 6.07) is 12.4. The van der Waals surface area contributed by atoms with Gasteiger partial charge in [0, 0.05) is 24.8 Å². The molecule has 1 amide bonds. The molecule has 1 heterocycles. The van der Waals surface area contributed by atoms with Crippen LogP contribution >= 0.6 is 0 Å². The number of amides is 1. The molecule has 8 heteroatoms.